The highest BCUT2D eigenvalue weighted by Gasteiger charge is 2.30. The monoisotopic (exact) mass is 241 g/mol. The largest absolute Gasteiger partial charge is 0.481 e. The van der Waals surface area contributed by atoms with Crippen molar-refractivity contribution in [2.24, 2.45) is 11.3 Å². The fraction of sp³-hybridized carbons (Fsp3) is 0.846. The maximum absolute atomic E-state index is 11.6. The summed E-state index contributed by atoms with van der Waals surface area (Å²) in [6.45, 7) is 3.83. The molecule has 0 aliphatic heterocycles. The van der Waals surface area contributed by atoms with Crippen LogP contribution in [0.2, 0.25) is 0 Å². The quantitative estimate of drug-likeness (QED) is 0.749. The first kappa shape index (κ1) is 14.0. The minimum atomic E-state index is -0.975. The summed E-state index contributed by atoms with van der Waals surface area (Å²) < 4.78 is 0. The van der Waals surface area contributed by atoms with E-state index in [-0.39, 0.29) is 12.3 Å². The van der Waals surface area contributed by atoms with Crippen LogP contribution in [0.15, 0.2) is 0 Å². The number of hydrogen-bond donors (Lipinski definition) is 2. The SMILES string of the molecule is CC(C)(CC(=O)NCCC1CCCC1)C(=O)O. The lowest BCUT2D eigenvalue weighted by Gasteiger charge is -2.18. The van der Waals surface area contributed by atoms with Crippen LogP contribution in [0, 0.1) is 11.3 Å². The minimum Gasteiger partial charge on any atom is -0.481 e. The van der Waals surface area contributed by atoms with Gasteiger partial charge in [0.05, 0.1) is 5.41 Å². The Kier molecular flexibility index (Phi) is 4.97. The van der Waals surface area contributed by atoms with E-state index in [2.05, 4.69) is 5.32 Å². The van der Waals surface area contributed by atoms with Crippen LogP contribution in [-0.4, -0.2) is 23.5 Å². The first-order valence-electron chi connectivity index (χ1n) is 6.42. The Bertz CT molecular complexity index is 280. The van der Waals surface area contributed by atoms with Gasteiger partial charge in [0.25, 0.3) is 0 Å². The molecule has 0 aromatic carbocycles. The molecule has 0 radical (unpaired) electrons. The van der Waals surface area contributed by atoms with Crippen molar-refractivity contribution in [3.63, 3.8) is 0 Å². The van der Waals surface area contributed by atoms with Crippen LogP contribution in [0.5, 0.6) is 0 Å². The number of carboxylic acids is 1. The van der Waals surface area contributed by atoms with Crippen molar-refractivity contribution >= 4 is 11.9 Å². The maximum Gasteiger partial charge on any atom is 0.309 e. The van der Waals surface area contributed by atoms with Gasteiger partial charge in [-0.25, -0.2) is 0 Å². The van der Waals surface area contributed by atoms with Gasteiger partial charge in [0.2, 0.25) is 5.91 Å². The molecule has 4 nitrogen and oxygen atoms in total. The predicted molar refractivity (Wildman–Crippen MR) is 65.6 cm³/mol. The minimum absolute atomic E-state index is 0.0486. The zero-order valence-corrected chi connectivity index (χ0v) is 10.8. The number of amides is 1. The highest BCUT2D eigenvalue weighted by atomic mass is 16.4. The molecule has 98 valence electrons. The maximum atomic E-state index is 11.6. The molecule has 1 aliphatic rings. The molecule has 4 heteroatoms. The molecule has 1 amide bonds. The summed E-state index contributed by atoms with van der Waals surface area (Å²) in [5.41, 5.74) is -0.975. The third kappa shape index (κ3) is 4.75. The van der Waals surface area contributed by atoms with Gasteiger partial charge in [-0.1, -0.05) is 25.7 Å². The Labute approximate surface area is 103 Å². The number of hydrogen-bond acceptors (Lipinski definition) is 2. The lowest BCUT2D eigenvalue weighted by atomic mass is 9.89. The topological polar surface area (TPSA) is 66.4 Å². The van der Waals surface area contributed by atoms with E-state index in [9.17, 15) is 9.59 Å². The number of rotatable bonds is 6. The van der Waals surface area contributed by atoms with E-state index in [1.165, 1.54) is 25.7 Å². The van der Waals surface area contributed by atoms with Crippen LogP contribution in [-0.2, 0) is 9.59 Å². The molecule has 1 rings (SSSR count). The lowest BCUT2D eigenvalue weighted by Crippen LogP contribution is -2.34. The van der Waals surface area contributed by atoms with E-state index in [1.807, 2.05) is 0 Å². The number of carboxylic acid groups (broad SMARTS) is 1. The van der Waals surface area contributed by atoms with Gasteiger partial charge in [-0.15, -0.1) is 0 Å². The summed E-state index contributed by atoms with van der Waals surface area (Å²) in [6.07, 6.45) is 6.24. The van der Waals surface area contributed by atoms with Gasteiger partial charge in [0.15, 0.2) is 0 Å². The van der Waals surface area contributed by atoms with Gasteiger partial charge in [-0.2, -0.15) is 0 Å². The van der Waals surface area contributed by atoms with Gasteiger partial charge in [-0.05, 0) is 26.2 Å². The van der Waals surface area contributed by atoms with E-state index >= 15 is 0 Å². The average molecular weight is 241 g/mol. The second-order valence-corrected chi connectivity index (χ2v) is 5.65. The van der Waals surface area contributed by atoms with Crippen molar-refractivity contribution in [1.29, 1.82) is 0 Å². The summed E-state index contributed by atoms with van der Waals surface area (Å²) in [6, 6.07) is 0. The van der Waals surface area contributed by atoms with Crippen molar-refractivity contribution in [3.05, 3.63) is 0 Å². The van der Waals surface area contributed by atoms with Crippen LogP contribution in [0.4, 0.5) is 0 Å². The molecule has 0 atom stereocenters. The number of carbonyl (C=O) groups is 2. The molecule has 17 heavy (non-hydrogen) atoms. The van der Waals surface area contributed by atoms with Crippen LogP contribution in [0.1, 0.15) is 52.4 Å². The van der Waals surface area contributed by atoms with E-state index in [4.69, 9.17) is 5.11 Å². The molecule has 1 fully saturated rings. The van der Waals surface area contributed by atoms with Gasteiger partial charge < -0.3 is 10.4 Å². The van der Waals surface area contributed by atoms with Crippen molar-refractivity contribution < 1.29 is 14.7 Å². The van der Waals surface area contributed by atoms with Gasteiger partial charge in [0.1, 0.15) is 0 Å². The van der Waals surface area contributed by atoms with E-state index in [1.54, 1.807) is 13.8 Å². The molecule has 2 N–H and O–H groups in total. The van der Waals surface area contributed by atoms with Crippen molar-refractivity contribution in [1.82, 2.24) is 5.32 Å². The van der Waals surface area contributed by atoms with E-state index < -0.39 is 11.4 Å². The van der Waals surface area contributed by atoms with Gasteiger partial charge in [0, 0.05) is 13.0 Å². The molecule has 1 aliphatic carbocycles. The Morgan fingerprint density at radius 1 is 1.29 bits per heavy atom. The Hall–Kier alpha value is -1.06. The fourth-order valence-corrected chi connectivity index (χ4v) is 2.25. The zero-order chi connectivity index (χ0) is 12.9. The molecule has 0 bridgehead atoms. The predicted octanol–water partition coefficient (Wildman–Crippen LogP) is 2.18. The van der Waals surface area contributed by atoms with Crippen molar-refractivity contribution in [2.75, 3.05) is 6.54 Å². The smallest absolute Gasteiger partial charge is 0.309 e. The summed E-state index contributed by atoms with van der Waals surface area (Å²) in [5, 5.41) is 11.7. The van der Waals surface area contributed by atoms with Crippen molar-refractivity contribution in [3.8, 4) is 0 Å². The number of carbonyl (C=O) groups excluding carboxylic acids is 1. The highest BCUT2D eigenvalue weighted by Crippen LogP contribution is 2.27. The van der Waals surface area contributed by atoms with Gasteiger partial charge >= 0.3 is 5.97 Å². The summed E-state index contributed by atoms with van der Waals surface area (Å²) in [4.78, 5) is 22.4. The summed E-state index contributed by atoms with van der Waals surface area (Å²) in [5.74, 6) is -0.332. The number of aliphatic carboxylic acids is 1. The lowest BCUT2D eigenvalue weighted by molar-refractivity contribution is -0.149. The second-order valence-electron chi connectivity index (χ2n) is 5.65. The molecule has 1 saturated carbocycles. The van der Waals surface area contributed by atoms with Crippen LogP contribution >= 0.6 is 0 Å². The fourth-order valence-electron chi connectivity index (χ4n) is 2.25. The molecular weight excluding hydrogens is 218 g/mol. The third-order valence-corrected chi connectivity index (χ3v) is 3.53. The second kappa shape index (κ2) is 6.03. The van der Waals surface area contributed by atoms with Crippen LogP contribution < -0.4 is 5.32 Å². The standard InChI is InChI=1S/C13H23NO3/c1-13(2,12(16)17)9-11(15)14-8-7-10-5-3-4-6-10/h10H,3-9H2,1-2H3,(H,14,15)(H,16,17). The third-order valence-electron chi connectivity index (χ3n) is 3.53. The average Bonchev–Trinajstić information content (AvgIpc) is 2.69. The van der Waals surface area contributed by atoms with E-state index in [0.29, 0.717) is 6.54 Å². The first-order chi connectivity index (χ1) is 7.92. The first-order valence-corrected chi connectivity index (χ1v) is 6.42. The normalized spacial score (nSPS) is 17.1. The van der Waals surface area contributed by atoms with Gasteiger partial charge in [-0.3, -0.25) is 9.59 Å². The molecule has 0 heterocycles. The molecule has 0 saturated heterocycles. The Morgan fingerprint density at radius 2 is 1.88 bits per heavy atom. The van der Waals surface area contributed by atoms with Crippen LogP contribution in [0.3, 0.4) is 0 Å². The highest BCUT2D eigenvalue weighted by molar-refractivity contribution is 5.84. The summed E-state index contributed by atoms with van der Waals surface area (Å²) >= 11 is 0. The van der Waals surface area contributed by atoms with Crippen molar-refractivity contribution in [2.45, 2.75) is 52.4 Å². The molecule has 0 aromatic heterocycles. The number of nitrogens with one attached hydrogen (secondary N) is 1. The molecule has 0 spiro atoms. The van der Waals surface area contributed by atoms with E-state index in [0.717, 1.165) is 12.3 Å². The zero-order valence-electron chi connectivity index (χ0n) is 10.8. The summed E-state index contributed by atoms with van der Waals surface area (Å²) in [7, 11) is 0. The van der Waals surface area contributed by atoms with Crippen LogP contribution in [0.25, 0.3) is 0 Å². The Morgan fingerprint density at radius 3 is 2.41 bits per heavy atom. The molecule has 0 aromatic rings. The Balaban J connectivity index is 2.18. The molecular formula is C13H23NO3. The molecule has 0 unspecified atom stereocenters.